The summed E-state index contributed by atoms with van der Waals surface area (Å²) in [5.41, 5.74) is 0.0206. The van der Waals surface area contributed by atoms with Crippen LogP contribution in [0.3, 0.4) is 0 Å². The van der Waals surface area contributed by atoms with Crippen LogP contribution >= 0.6 is 0 Å². The van der Waals surface area contributed by atoms with E-state index in [1.54, 1.807) is 20.8 Å². The average molecular weight is 210 g/mol. The van der Waals surface area contributed by atoms with E-state index in [4.69, 9.17) is 5.11 Å². The molecule has 0 spiro atoms. The number of rotatable bonds is 2. The normalized spacial score (nSPS) is 11.1. The van der Waals surface area contributed by atoms with Crippen molar-refractivity contribution in [2.75, 3.05) is 5.32 Å². The van der Waals surface area contributed by atoms with Gasteiger partial charge < -0.3 is 15.4 Å². The predicted molar refractivity (Wildman–Crippen MR) is 55.8 cm³/mol. The summed E-state index contributed by atoms with van der Waals surface area (Å²) in [7, 11) is 0. The lowest BCUT2D eigenvalue weighted by Gasteiger charge is -2.16. The van der Waals surface area contributed by atoms with Gasteiger partial charge in [-0.1, -0.05) is 20.8 Å². The highest BCUT2D eigenvalue weighted by Crippen LogP contribution is 2.17. The molecule has 0 radical (unpaired) electrons. The van der Waals surface area contributed by atoms with Gasteiger partial charge in [0.2, 0.25) is 5.91 Å². The van der Waals surface area contributed by atoms with Crippen molar-refractivity contribution in [3.05, 3.63) is 18.0 Å². The summed E-state index contributed by atoms with van der Waals surface area (Å²) < 4.78 is 0. The quantitative estimate of drug-likeness (QED) is 0.694. The summed E-state index contributed by atoms with van der Waals surface area (Å²) in [6.45, 7) is 5.35. The van der Waals surface area contributed by atoms with Crippen LogP contribution in [-0.4, -0.2) is 22.0 Å². The Labute approximate surface area is 87.5 Å². The Kier molecular flexibility index (Phi) is 2.83. The molecule has 0 aliphatic rings. The summed E-state index contributed by atoms with van der Waals surface area (Å²) in [5.74, 6) is -1.20. The number of nitrogens with one attached hydrogen (secondary N) is 2. The third-order valence-electron chi connectivity index (χ3n) is 1.85. The Balaban J connectivity index is 2.74. The van der Waals surface area contributed by atoms with Gasteiger partial charge in [-0.05, 0) is 6.07 Å². The zero-order chi connectivity index (χ0) is 11.6. The van der Waals surface area contributed by atoms with Gasteiger partial charge in [0.1, 0.15) is 5.69 Å². The minimum absolute atomic E-state index is 0.0548. The standard InChI is InChI=1S/C10H14N2O3/c1-10(2,3)9(15)12-6-4-7(8(13)14)11-5-6/h4-5,11H,1-3H3,(H,12,15)(H,13,14). The molecule has 0 aliphatic heterocycles. The number of carbonyl (C=O) groups excluding carboxylic acids is 1. The largest absolute Gasteiger partial charge is 0.477 e. The van der Waals surface area contributed by atoms with Crippen LogP contribution in [0.4, 0.5) is 5.69 Å². The van der Waals surface area contributed by atoms with Crippen molar-refractivity contribution in [3.63, 3.8) is 0 Å². The average Bonchev–Trinajstić information content (AvgIpc) is 2.50. The van der Waals surface area contributed by atoms with Crippen LogP contribution in [0.2, 0.25) is 0 Å². The molecule has 1 rings (SSSR count). The van der Waals surface area contributed by atoms with Crippen LogP contribution in [0.25, 0.3) is 0 Å². The number of hydrogen-bond donors (Lipinski definition) is 3. The van der Waals surface area contributed by atoms with Gasteiger partial charge in [0.15, 0.2) is 0 Å². The Hall–Kier alpha value is -1.78. The highest BCUT2D eigenvalue weighted by Gasteiger charge is 2.21. The molecule has 1 amide bonds. The minimum Gasteiger partial charge on any atom is -0.477 e. The van der Waals surface area contributed by atoms with Gasteiger partial charge in [0.05, 0.1) is 5.69 Å². The molecule has 0 saturated carbocycles. The molecule has 0 atom stereocenters. The molecule has 1 heterocycles. The smallest absolute Gasteiger partial charge is 0.352 e. The summed E-state index contributed by atoms with van der Waals surface area (Å²) in [6, 6.07) is 1.38. The second-order valence-corrected chi connectivity index (χ2v) is 4.31. The fourth-order valence-electron chi connectivity index (χ4n) is 0.909. The van der Waals surface area contributed by atoms with Gasteiger partial charge in [-0.2, -0.15) is 0 Å². The van der Waals surface area contributed by atoms with Gasteiger partial charge in [0, 0.05) is 11.6 Å². The number of aromatic nitrogens is 1. The van der Waals surface area contributed by atoms with E-state index in [1.165, 1.54) is 12.3 Å². The van der Waals surface area contributed by atoms with Crippen molar-refractivity contribution in [2.24, 2.45) is 5.41 Å². The number of hydrogen-bond acceptors (Lipinski definition) is 2. The molecule has 0 aromatic carbocycles. The Morgan fingerprint density at radius 3 is 2.40 bits per heavy atom. The van der Waals surface area contributed by atoms with Crippen molar-refractivity contribution >= 4 is 17.6 Å². The van der Waals surface area contributed by atoms with E-state index in [2.05, 4.69) is 10.3 Å². The van der Waals surface area contributed by atoms with Crippen molar-refractivity contribution in [1.29, 1.82) is 0 Å². The highest BCUT2D eigenvalue weighted by molar-refractivity contribution is 5.96. The topological polar surface area (TPSA) is 82.2 Å². The molecular weight excluding hydrogens is 196 g/mol. The van der Waals surface area contributed by atoms with Gasteiger partial charge in [-0.3, -0.25) is 4.79 Å². The Morgan fingerprint density at radius 2 is 2.00 bits per heavy atom. The molecule has 0 saturated heterocycles. The second kappa shape index (κ2) is 3.76. The van der Waals surface area contributed by atoms with E-state index < -0.39 is 11.4 Å². The van der Waals surface area contributed by atoms with Crippen LogP contribution < -0.4 is 5.32 Å². The lowest BCUT2D eigenvalue weighted by Crippen LogP contribution is -2.27. The second-order valence-electron chi connectivity index (χ2n) is 4.31. The SMILES string of the molecule is CC(C)(C)C(=O)Nc1c[nH]c(C(=O)O)c1. The van der Waals surface area contributed by atoms with Gasteiger partial charge in [0.25, 0.3) is 0 Å². The summed E-state index contributed by atoms with van der Waals surface area (Å²) in [4.78, 5) is 24.6. The first-order chi connectivity index (χ1) is 6.80. The maximum atomic E-state index is 11.5. The molecule has 5 nitrogen and oxygen atoms in total. The first-order valence-corrected chi connectivity index (χ1v) is 4.54. The molecule has 5 heteroatoms. The van der Waals surface area contributed by atoms with Gasteiger partial charge in [-0.25, -0.2) is 4.79 Å². The minimum atomic E-state index is -1.05. The zero-order valence-corrected chi connectivity index (χ0v) is 8.92. The van der Waals surface area contributed by atoms with Crippen molar-refractivity contribution in [3.8, 4) is 0 Å². The van der Waals surface area contributed by atoms with Gasteiger partial charge >= 0.3 is 5.97 Å². The van der Waals surface area contributed by atoms with Crippen molar-refractivity contribution in [1.82, 2.24) is 4.98 Å². The van der Waals surface area contributed by atoms with Crippen molar-refractivity contribution < 1.29 is 14.7 Å². The first-order valence-electron chi connectivity index (χ1n) is 4.54. The molecule has 1 aromatic rings. The molecular formula is C10H14N2O3. The molecule has 3 N–H and O–H groups in total. The Bertz CT molecular complexity index is 388. The van der Waals surface area contributed by atoms with E-state index in [-0.39, 0.29) is 11.6 Å². The van der Waals surface area contributed by atoms with Crippen LogP contribution in [0, 0.1) is 5.41 Å². The summed E-state index contributed by atoms with van der Waals surface area (Å²) >= 11 is 0. The predicted octanol–water partition coefficient (Wildman–Crippen LogP) is 1.70. The maximum Gasteiger partial charge on any atom is 0.352 e. The van der Waals surface area contributed by atoms with Gasteiger partial charge in [-0.15, -0.1) is 0 Å². The van der Waals surface area contributed by atoms with Crippen LogP contribution in [0.5, 0.6) is 0 Å². The van der Waals surface area contributed by atoms with E-state index in [9.17, 15) is 9.59 Å². The maximum absolute atomic E-state index is 11.5. The van der Waals surface area contributed by atoms with Crippen LogP contribution in [0.1, 0.15) is 31.3 Å². The lowest BCUT2D eigenvalue weighted by molar-refractivity contribution is -0.123. The summed E-state index contributed by atoms with van der Waals surface area (Å²) in [6.07, 6.45) is 1.45. The van der Waals surface area contributed by atoms with Crippen molar-refractivity contribution in [2.45, 2.75) is 20.8 Å². The molecule has 0 fully saturated rings. The van der Waals surface area contributed by atoms with E-state index in [0.717, 1.165) is 0 Å². The molecule has 15 heavy (non-hydrogen) atoms. The fraction of sp³-hybridized carbons (Fsp3) is 0.400. The highest BCUT2D eigenvalue weighted by atomic mass is 16.4. The molecule has 0 aliphatic carbocycles. The molecule has 82 valence electrons. The number of carboxylic acids is 1. The zero-order valence-electron chi connectivity index (χ0n) is 8.92. The third kappa shape index (κ3) is 2.83. The fourth-order valence-corrected chi connectivity index (χ4v) is 0.909. The number of aromatic amines is 1. The number of anilines is 1. The van der Waals surface area contributed by atoms with Crippen LogP contribution in [-0.2, 0) is 4.79 Å². The molecule has 0 bridgehead atoms. The monoisotopic (exact) mass is 210 g/mol. The van der Waals surface area contributed by atoms with E-state index >= 15 is 0 Å². The summed E-state index contributed by atoms with van der Waals surface area (Å²) in [5, 5.41) is 11.3. The third-order valence-corrected chi connectivity index (χ3v) is 1.85. The number of amides is 1. The molecule has 0 unspecified atom stereocenters. The number of H-pyrrole nitrogens is 1. The number of aromatic carboxylic acids is 1. The lowest BCUT2D eigenvalue weighted by atomic mass is 9.96. The number of carbonyl (C=O) groups is 2. The van der Waals surface area contributed by atoms with E-state index in [1.807, 2.05) is 0 Å². The van der Waals surface area contributed by atoms with E-state index in [0.29, 0.717) is 5.69 Å². The first kappa shape index (κ1) is 11.3. The van der Waals surface area contributed by atoms with Crippen LogP contribution in [0.15, 0.2) is 12.3 Å². The Morgan fingerprint density at radius 1 is 1.40 bits per heavy atom. The molecule has 1 aromatic heterocycles. The number of carboxylic acid groups (broad SMARTS) is 1.